The van der Waals surface area contributed by atoms with Gasteiger partial charge in [0.15, 0.2) is 0 Å². The zero-order valence-electron chi connectivity index (χ0n) is 10.8. The Morgan fingerprint density at radius 3 is 2.89 bits per heavy atom. The molecular formula is C13H21N3O2. The largest absolute Gasteiger partial charge is 0.344 e. The van der Waals surface area contributed by atoms with Crippen LogP contribution in [0.1, 0.15) is 26.2 Å². The van der Waals surface area contributed by atoms with Gasteiger partial charge >= 0.3 is 0 Å². The summed E-state index contributed by atoms with van der Waals surface area (Å²) in [7, 11) is 0. The predicted octanol–water partition coefficient (Wildman–Crippen LogP) is 0.141. The first-order valence-corrected chi connectivity index (χ1v) is 6.57. The van der Waals surface area contributed by atoms with Crippen molar-refractivity contribution in [2.45, 2.75) is 32.2 Å². The topological polar surface area (TPSA) is 70.2 Å². The summed E-state index contributed by atoms with van der Waals surface area (Å²) in [6.45, 7) is 7.53. The van der Waals surface area contributed by atoms with Gasteiger partial charge in [-0.25, -0.2) is 0 Å². The first kappa shape index (κ1) is 13.1. The number of hydrogen-bond acceptors (Lipinski definition) is 3. The molecule has 18 heavy (non-hydrogen) atoms. The summed E-state index contributed by atoms with van der Waals surface area (Å²) in [6.07, 6.45) is 2.22. The number of allylic oxidation sites excluding steroid dienone is 1. The van der Waals surface area contributed by atoms with Gasteiger partial charge in [-0.15, -0.1) is 0 Å². The van der Waals surface area contributed by atoms with E-state index in [9.17, 15) is 9.59 Å². The Morgan fingerprint density at radius 1 is 1.44 bits per heavy atom. The van der Waals surface area contributed by atoms with Crippen LogP contribution in [0.25, 0.3) is 0 Å². The fourth-order valence-corrected chi connectivity index (χ4v) is 2.59. The van der Waals surface area contributed by atoms with Gasteiger partial charge in [0.05, 0.1) is 0 Å². The molecule has 5 nitrogen and oxygen atoms in total. The van der Waals surface area contributed by atoms with Crippen molar-refractivity contribution < 1.29 is 9.59 Å². The van der Waals surface area contributed by atoms with E-state index in [2.05, 4.69) is 29.5 Å². The quantitative estimate of drug-likeness (QED) is 0.654. The molecule has 0 aromatic rings. The van der Waals surface area contributed by atoms with Gasteiger partial charge in [0.25, 0.3) is 0 Å². The van der Waals surface area contributed by atoms with Crippen molar-refractivity contribution in [3.8, 4) is 0 Å². The fraction of sp³-hybridized carbons (Fsp3) is 0.692. The molecule has 0 spiro atoms. The van der Waals surface area contributed by atoms with Crippen molar-refractivity contribution >= 4 is 11.8 Å². The van der Waals surface area contributed by atoms with Crippen LogP contribution in [0.2, 0.25) is 0 Å². The van der Waals surface area contributed by atoms with E-state index in [1.54, 1.807) is 0 Å². The van der Waals surface area contributed by atoms with E-state index in [0.29, 0.717) is 12.3 Å². The molecule has 3 N–H and O–H groups in total. The molecule has 2 amide bonds. The highest BCUT2D eigenvalue weighted by Crippen LogP contribution is 2.19. The average molecular weight is 251 g/mol. The molecule has 0 aromatic carbocycles. The third kappa shape index (κ3) is 2.90. The van der Waals surface area contributed by atoms with Crippen LogP contribution in [0.15, 0.2) is 12.3 Å². The maximum absolute atomic E-state index is 12.2. The van der Waals surface area contributed by atoms with Crippen LogP contribution >= 0.6 is 0 Å². The first-order valence-electron chi connectivity index (χ1n) is 6.57. The highest BCUT2D eigenvalue weighted by Gasteiger charge is 2.31. The number of carbonyl (C=O) groups is 2. The second-order valence-corrected chi connectivity index (χ2v) is 5.27. The van der Waals surface area contributed by atoms with Gasteiger partial charge in [-0.2, -0.15) is 0 Å². The van der Waals surface area contributed by atoms with Gasteiger partial charge in [0.2, 0.25) is 11.8 Å². The highest BCUT2D eigenvalue weighted by molar-refractivity contribution is 5.90. The minimum absolute atomic E-state index is 0.0108. The van der Waals surface area contributed by atoms with Crippen LogP contribution < -0.4 is 16.0 Å². The number of carbonyl (C=O) groups excluding carboxylic acids is 2. The van der Waals surface area contributed by atoms with E-state index in [0.717, 1.165) is 31.6 Å². The predicted molar refractivity (Wildman–Crippen MR) is 68.6 cm³/mol. The number of hydrogen-bond donors (Lipinski definition) is 3. The van der Waals surface area contributed by atoms with E-state index >= 15 is 0 Å². The second-order valence-electron chi connectivity index (χ2n) is 5.27. The summed E-state index contributed by atoms with van der Waals surface area (Å²) >= 11 is 0. The third-order valence-corrected chi connectivity index (χ3v) is 3.79. The summed E-state index contributed by atoms with van der Waals surface area (Å²) in [5.74, 6) is 0.211. The summed E-state index contributed by atoms with van der Waals surface area (Å²) in [6, 6.07) is -0.398. The summed E-state index contributed by atoms with van der Waals surface area (Å²) < 4.78 is 0. The van der Waals surface area contributed by atoms with Gasteiger partial charge in [0, 0.05) is 11.6 Å². The maximum atomic E-state index is 12.2. The van der Waals surface area contributed by atoms with Crippen LogP contribution in [-0.4, -0.2) is 30.9 Å². The molecule has 5 heteroatoms. The Morgan fingerprint density at radius 2 is 2.22 bits per heavy atom. The van der Waals surface area contributed by atoms with Gasteiger partial charge in [-0.1, -0.05) is 13.5 Å². The maximum Gasteiger partial charge on any atom is 0.246 e. The summed E-state index contributed by atoms with van der Waals surface area (Å²) in [4.78, 5) is 23.9. The SMILES string of the molecule is C=C1CCC(NC(=O)C2CCNCC2C)C(=O)N1. The summed E-state index contributed by atoms with van der Waals surface area (Å²) in [5.41, 5.74) is 0.737. The lowest BCUT2D eigenvalue weighted by Gasteiger charge is -2.31. The van der Waals surface area contributed by atoms with E-state index in [4.69, 9.17) is 0 Å². The Labute approximate surface area is 107 Å². The second kappa shape index (κ2) is 5.52. The van der Waals surface area contributed by atoms with Crippen molar-refractivity contribution in [1.29, 1.82) is 0 Å². The lowest BCUT2D eigenvalue weighted by atomic mass is 9.87. The molecule has 3 atom stereocenters. The molecule has 0 radical (unpaired) electrons. The van der Waals surface area contributed by atoms with E-state index in [1.807, 2.05) is 0 Å². The van der Waals surface area contributed by atoms with Crippen LogP contribution in [0.3, 0.4) is 0 Å². The lowest BCUT2D eigenvalue weighted by Crippen LogP contribution is -2.52. The van der Waals surface area contributed by atoms with Crippen LogP contribution in [0.4, 0.5) is 0 Å². The van der Waals surface area contributed by atoms with Crippen LogP contribution in [0, 0.1) is 11.8 Å². The number of amides is 2. The van der Waals surface area contributed by atoms with Crippen LogP contribution in [0.5, 0.6) is 0 Å². The number of rotatable bonds is 2. The van der Waals surface area contributed by atoms with Crippen molar-refractivity contribution in [3.05, 3.63) is 12.3 Å². The molecule has 0 aliphatic carbocycles. The molecule has 3 unspecified atom stereocenters. The van der Waals surface area contributed by atoms with Crippen molar-refractivity contribution in [3.63, 3.8) is 0 Å². The monoisotopic (exact) mass is 251 g/mol. The average Bonchev–Trinajstić information content (AvgIpc) is 2.33. The Kier molecular flexibility index (Phi) is 4.01. The van der Waals surface area contributed by atoms with Gasteiger partial charge in [0.1, 0.15) is 6.04 Å². The fourth-order valence-electron chi connectivity index (χ4n) is 2.59. The highest BCUT2D eigenvalue weighted by atomic mass is 16.2. The van der Waals surface area contributed by atoms with E-state index in [-0.39, 0.29) is 17.7 Å². The van der Waals surface area contributed by atoms with Gasteiger partial charge in [-0.05, 0) is 38.3 Å². The zero-order valence-corrected chi connectivity index (χ0v) is 10.8. The third-order valence-electron chi connectivity index (χ3n) is 3.79. The molecule has 2 saturated heterocycles. The molecule has 0 aromatic heterocycles. The Bertz CT molecular complexity index is 367. The molecule has 0 bridgehead atoms. The molecule has 2 aliphatic rings. The minimum Gasteiger partial charge on any atom is -0.344 e. The minimum atomic E-state index is -0.398. The molecular weight excluding hydrogens is 230 g/mol. The zero-order chi connectivity index (χ0) is 13.1. The molecule has 100 valence electrons. The van der Waals surface area contributed by atoms with Crippen molar-refractivity contribution in [1.82, 2.24) is 16.0 Å². The molecule has 2 rings (SSSR count). The Hall–Kier alpha value is -1.36. The van der Waals surface area contributed by atoms with Gasteiger partial charge < -0.3 is 16.0 Å². The first-order chi connectivity index (χ1) is 8.58. The molecule has 0 saturated carbocycles. The van der Waals surface area contributed by atoms with Crippen LogP contribution in [-0.2, 0) is 9.59 Å². The lowest BCUT2D eigenvalue weighted by molar-refractivity contribution is -0.133. The molecule has 2 fully saturated rings. The van der Waals surface area contributed by atoms with Gasteiger partial charge in [-0.3, -0.25) is 9.59 Å². The van der Waals surface area contributed by atoms with Crippen molar-refractivity contribution in [2.24, 2.45) is 11.8 Å². The van der Waals surface area contributed by atoms with E-state index in [1.165, 1.54) is 0 Å². The number of piperidine rings is 2. The smallest absolute Gasteiger partial charge is 0.246 e. The molecule has 2 aliphatic heterocycles. The van der Waals surface area contributed by atoms with Crippen molar-refractivity contribution in [2.75, 3.05) is 13.1 Å². The summed E-state index contributed by atoms with van der Waals surface area (Å²) in [5, 5.41) is 8.82. The molecule has 2 heterocycles. The number of nitrogens with one attached hydrogen (secondary N) is 3. The Balaban J connectivity index is 1.90. The normalized spacial score (nSPS) is 32.8. The standard InChI is InChI=1S/C13H21N3O2/c1-8-7-14-6-5-10(8)12(17)16-11-4-3-9(2)15-13(11)18/h8,10-11,14H,2-7H2,1H3,(H,15,18)(H,16,17). The van der Waals surface area contributed by atoms with E-state index < -0.39 is 6.04 Å².